The maximum absolute atomic E-state index is 12.5. The number of halogens is 1. The Morgan fingerprint density at radius 3 is 2.32 bits per heavy atom. The summed E-state index contributed by atoms with van der Waals surface area (Å²) in [4.78, 5) is 12.5. The van der Waals surface area contributed by atoms with Crippen molar-refractivity contribution in [2.24, 2.45) is 17.8 Å². The van der Waals surface area contributed by atoms with Crippen molar-refractivity contribution in [1.82, 2.24) is 0 Å². The second kappa shape index (κ2) is 4.71. The molecule has 2 aliphatic rings. The predicted molar refractivity (Wildman–Crippen MR) is 73.2 cm³/mol. The van der Waals surface area contributed by atoms with Crippen molar-refractivity contribution in [3.63, 3.8) is 0 Å². The fourth-order valence-electron chi connectivity index (χ4n) is 3.43. The lowest BCUT2D eigenvalue weighted by molar-refractivity contribution is 0.0951. The van der Waals surface area contributed by atoms with Gasteiger partial charge in [0, 0.05) is 17.5 Å². The van der Waals surface area contributed by atoms with Crippen molar-refractivity contribution >= 4 is 17.4 Å². The van der Waals surface area contributed by atoms with E-state index in [4.69, 9.17) is 21.1 Å². The van der Waals surface area contributed by atoms with E-state index >= 15 is 0 Å². The Morgan fingerprint density at radius 2 is 1.74 bits per heavy atom. The van der Waals surface area contributed by atoms with Crippen LogP contribution in [0, 0.1) is 17.8 Å². The van der Waals surface area contributed by atoms with Crippen molar-refractivity contribution < 1.29 is 14.3 Å². The second-order valence-corrected chi connectivity index (χ2v) is 5.74. The highest BCUT2D eigenvalue weighted by Gasteiger charge is 2.56. The molecule has 1 aromatic carbocycles. The molecule has 0 amide bonds. The number of benzene rings is 1. The fraction of sp³-hybridized carbons (Fsp3) is 0.533. The molecule has 3 nitrogen and oxygen atoms in total. The molecule has 0 radical (unpaired) electrons. The van der Waals surface area contributed by atoms with Crippen LogP contribution < -0.4 is 9.47 Å². The molecule has 19 heavy (non-hydrogen) atoms. The zero-order valence-corrected chi connectivity index (χ0v) is 11.9. The number of carbonyl (C=O) groups excluding carboxylic acids is 1. The molecule has 0 aromatic heterocycles. The van der Waals surface area contributed by atoms with Crippen LogP contribution >= 0.6 is 11.6 Å². The standard InChI is InChI=1S/C15H17ClO3/c1-18-12-6-10(11(16)7-13(12)19-2)15(17)14-8-4-3-5-9(8)14/h6-9,14H,3-5H2,1-2H3. The van der Waals surface area contributed by atoms with Gasteiger partial charge >= 0.3 is 0 Å². The monoisotopic (exact) mass is 280 g/mol. The van der Waals surface area contributed by atoms with Gasteiger partial charge in [-0.1, -0.05) is 18.0 Å². The summed E-state index contributed by atoms with van der Waals surface area (Å²) in [6.45, 7) is 0. The summed E-state index contributed by atoms with van der Waals surface area (Å²) in [6.07, 6.45) is 3.64. The summed E-state index contributed by atoms with van der Waals surface area (Å²) < 4.78 is 10.4. The molecule has 2 saturated carbocycles. The maximum atomic E-state index is 12.5. The van der Waals surface area contributed by atoms with Gasteiger partial charge in [0.15, 0.2) is 17.3 Å². The summed E-state index contributed by atoms with van der Waals surface area (Å²) in [5.41, 5.74) is 0.568. The molecule has 4 heteroatoms. The zero-order valence-electron chi connectivity index (χ0n) is 11.1. The lowest BCUT2D eigenvalue weighted by Crippen LogP contribution is -2.08. The first-order chi connectivity index (χ1) is 9.17. The van der Waals surface area contributed by atoms with E-state index in [2.05, 4.69) is 0 Å². The summed E-state index contributed by atoms with van der Waals surface area (Å²) in [5, 5.41) is 0.452. The van der Waals surface area contributed by atoms with Crippen LogP contribution in [0.2, 0.25) is 5.02 Å². The Bertz CT molecular complexity index is 516. The second-order valence-electron chi connectivity index (χ2n) is 5.34. The Labute approximate surface area is 117 Å². The van der Waals surface area contributed by atoms with Gasteiger partial charge in [0.1, 0.15) is 0 Å². The Balaban J connectivity index is 1.90. The summed E-state index contributed by atoms with van der Waals surface area (Å²) >= 11 is 6.20. The maximum Gasteiger partial charge on any atom is 0.168 e. The van der Waals surface area contributed by atoms with E-state index in [9.17, 15) is 4.79 Å². The third-order valence-corrected chi connectivity index (χ3v) is 4.76. The van der Waals surface area contributed by atoms with Crippen molar-refractivity contribution in [2.45, 2.75) is 19.3 Å². The fourth-order valence-corrected chi connectivity index (χ4v) is 3.68. The van der Waals surface area contributed by atoms with E-state index < -0.39 is 0 Å². The Morgan fingerprint density at radius 1 is 1.16 bits per heavy atom. The number of methoxy groups -OCH3 is 2. The first-order valence-corrected chi connectivity index (χ1v) is 7.01. The number of ether oxygens (including phenoxy) is 2. The molecule has 2 aliphatic carbocycles. The van der Waals surface area contributed by atoms with E-state index in [1.165, 1.54) is 19.3 Å². The molecular weight excluding hydrogens is 264 g/mol. The zero-order chi connectivity index (χ0) is 13.6. The number of carbonyl (C=O) groups is 1. The average Bonchev–Trinajstić information content (AvgIpc) is 2.90. The average molecular weight is 281 g/mol. The van der Waals surface area contributed by atoms with Gasteiger partial charge in [-0.15, -0.1) is 0 Å². The number of fused-ring (bicyclic) bond motifs is 1. The highest BCUT2D eigenvalue weighted by atomic mass is 35.5. The van der Waals surface area contributed by atoms with E-state index in [-0.39, 0.29) is 11.7 Å². The number of ketones is 1. The molecule has 2 unspecified atom stereocenters. The first kappa shape index (κ1) is 12.8. The van der Waals surface area contributed by atoms with Crippen LogP contribution in [0.3, 0.4) is 0 Å². The molecule has 2 atom stereocenters. The van der Waals surface area contributed by atoms with Gasteiger partial charge in [-0.05, 0) is 30.7 Å². The molecule has 0 heterocycles. The molecule has 0 aliphatic heterocycles. The summed E-state index contributed by atoms with van der Waals surface area (Å²) in [5.74, 6) is 2.65. The summed E-state index contributed by atoms with van der Waals surface area (Å²) in [7, 11) is 3.12. The molecule has 3 rings (SSSR count). The first-order valence-electron chi connectivity index (χ1n) is 6.63. The van der Waals surface area contributed by atoms with Crippen LogP contribution in [-0.4, -0.2) is 20.0 Å². The molecule has 0 spiro atoms. The van der Waals surface area contributed by atoms with Crippen LogP contribution in [0.1, 0.15) is 29.6 Å². The van der Waals surface area contributed by atoms with Gasteiger partial charge in [-0.2, -0.15) is 0 Å². The number of rotatable bonds is 4. The van der Waals surface area contributed by atoms with Crippen molar-refractivity contribution in [2.75, 3.05) is 14.2 Å². The van der Waals surface area contributed by atoms with Crippen molar-refractivity contribution in [3.05, 3.63) is 22.7 Å². The van der Waals surface area contributed by atoms with E-state index in [1.807, 2.05) is 0 Å². The number of hydrogen-bond donors (Lipinski definition) is 0. The highest BCUT2D eigenvalue weighted by molar-refractivity contribution is 6.34. The number of Topliss-reactive ketones (excluding diaryl/α,β-unsaturated/α-hetero) is 1. The van der Waals surface area contributed by atoms with Gasteiger partial charge in [0.2, 0.25) is 0 Å². The smallest absolute Gasteiger partial charge is 0.168 e. The van der Waals surface area contributed by atoms with Crippen molar-refractivity contribution in [1.29, 1.82) is 0 Å². The van der Waals surface area contributed by atoms with Gasteiger partial charge in [-0.25, -0.2) is 0 Å². The minimum atomic E-state index is 0.167. The van der Waals surface area contributed by atoms with Crippen LogP contribution in [0.4, 0.5) is 0 Å². The summed E-state index contributed by atoms with van der Waals surface area (Å²) in [6, 6.07) is 3.36. The minimum Gasteiger partial charge on any atom is -0.493 e. The van der Waals surface area contributed by atoms with Crippen LogP contribution in [-0.2, 0) is 0 Å². The predicted octanol–water partition coefficient (Wildman–Crippen LogP) is 3.59. The third kappa shape index (κ3) is 2.00. The molecule has 0 bridgehead atoms. The van der Waals surface area contributed by atoms with Crippen LogP contribution in [0.25, 0.3) is 0 Å². The highest BCUT2D eigenvalue weighted by Crippen LogP contribution is 2.59. The largest absolute Gasteiger partial charge is 0.493 e. The molecule has 2 fully saturated rings. The lowest BCUT2D eigenvalue weighted by atomic mass is 10.0. The minimum absolute atomic E-state index is 0.167. The molecule has 0 N–H and O–H groups in total. The lowest BCUT2D eigenvalue weighted by Gasteiger charge is -2.11. The normalized spacial score (nSPS) is 27.8. The molecular formula is C15H17ClO3. The third-order valence-electron chi connectivity index (χ3n) is 4.45. The van der Waals surface area contributed by atoms with E-state index in [1.54, 1.807) is 26.4 Å². The Hall–Kier alpha value is -1.22. The number of hydrogen-bond acceptors (Lipinski definition) is 3. The van der Waals surface area contributed by atoms with Crippen molar-refractivity contribution in [3.8, 4) is 11.5 Å². The van der Waals surface area contributed by atoms with Gasteiger partial charge in [0.05, 0.1) is 19.2 Å². The SMILES string of the molecule is COc1cc(Cl)c(C(=O)C2C3CCCC32)cc1OC. The Kier molecular flexibility index (Phi) is 3.17. The van der Waals surface area contributed by atoms with E-state index in [0.717, 1.165) is 0 Å². The topological polar surface area (TPSA) is 35.5 Å². The van der Waals surface area contributed by atoms with E-state index in [0.29, 0.717) is 33.9 Å². The van der Waals surface area contributed by atoms with Crippen LogP contribution in [0.5, 0.6) is 11.5 Å². The molecule has 102 valence electrons. The quantitative estimate of drug-likeness (QED) is 0.791. The molecule has 1 aromatic rings. The van der Waals surface area contributed by atoms with Gasteiger partial charge < -0.3 is 9.47 Å². The van der Waals surface area contributed by atoms with Gasteiger partial charge in [-0.3, -0.25) is 4.79 Å². The van der Waals surface area contributed by atoms with Crippen LogP contribution in [0.15, 0.2) is 12.1 Å². The molecule has 0 saturated heterocycles. The van der Waals surface area contributed by atoms with Gasteiger partial charge in [0.25, 0.3) is 0 Å².